The van der Waals surface area contributed by atoms with Crippen LogP contribution >= 0.6 is 0 Å². The molecule has 0 aromatic heterocycles. The number of piperidine rings is 1. The van der Waals surface area contributed by atoms with Gasteiger partial charge in [0.05, 0.1) is 0 Å². The van der Waals surface area contributed by atoms with E-state index in [2.05, 4.69) is 32.7 Å². The number of halogens is 2. The van der Waals surface area contributed by atoms with Crippen LogP contribution in [0.25, 0.3) is 0 Å². The fourth-order valence-electron chi connectivity index (χ4n) is 1.65. The Balaban J connectivity index is -0.000000125. The molecule has 1 saturated heterocycles. The van der Waals surface area contributed by atoms with E-state index in [1.807, 2.05) is 0 Å². The molecule has 0 spiro atoms. The first-order valence-electron chi connectivity index (χ1n) is 4.26. The van der Waals surface area contributed by atoms with Crippen molar-refractivity contribution in [2.24, 2.45) is 5.92 Å². The summed E-state index contributed by atoms with van der Waals surface area (Å²) in [6.45, 7) is 8.32. The number of rotatable bonds is 0. The molecule has 0 radical (unpaired) electrons. The van der Waals surface area contributed by atoms with Gasteiger partial charge in [-0.2, -0.15) is 0 Å². The molecule has 1 nitrogen and oxygen atoms in total. The van der Waals surface area contributed by atoms with Gasteiger partial charge in [-0.3, -0.25) is 0 Å². The summed E-state index contributed by atoms with van der Waals surface area (Å²) in [5.41, 5.74) is 0.429. The van der Waals surface area contributed by atoms with Gasteiger partial charge in [0, 0.05) is 5.54 Å². The minimum Gasteiger partial charge on any atom is -1.00 e. The van der Waals surface area contributed by atoms with Crippen molar-refractivity contribution in [3.63, 3.8) is 0 Å². The van der Waals surface area contributed by atoms with Crippen molar-refractivity contribution >= 4 is 0 Å². The topological polar surface area (TPSA) is 3.24 Å². The standard InChI is InChI=1S/C9H19N.2BrH.2Na/c1-8-6-5-7-10(4)9(8,2)3;;;;/h8H,5-7H2,1-4H3;2*1H;;/q;;;2*+1/p-2. The maximum Gasteiger partial charge on any atom is 1.00 e. The van der Waals surface area contributed by atoms with Crippen LogP contribution in [0.4, 0.5) is 0 Å². The first kappa shape index (κ1) is 25.7. The molecular weight excluding hydrogens is 328 g/mol. The van der Waals surface area contributed by atoms with Crippen LogP contribution in [0.15, 0.2) is 0 Å². The van der Waals surface area contributed by atoms with E-state index < -0.39 is 0 Å². The van der Waals surface area contributed by atoms with Crippen LogP contribution in [-0.2, 0) is 0 Å². The molecule has 0 N–H and O–H groups in total. The summed E-state index contributed by atoms with van der Waals surface area (Å²) in [5, 5.41) is 0. The molecule has 1 rings (SSSR count). The molecular formula is C9H19Br2NNa2. The van der Waals surface area contributed by atoms with E-state index in [0.717, 1.165) is 5.92 Å². The summed E-state index contributed by atoms with van der Waals surface area (Å²) < 4.78 is 0. The van der Waals surface area contributed by atoms with Crippen LogP contribution < -0.4 is 93.1 Å². The molecule has 0 amide bonds. The van der Waals surface area contributed by atoms with E-state index >= 15 is 0 Å². The van der Waals surface area contributed by atoms with Crippen LogP contribution in [0, 0.1) is 5.92 Å². The SMILES string of the molecule is CC1CCCN(C)C1(C)C.[Br-].[Br-].[Na+].[Na+]. The summed E-state index contributed by atoms with van der Waals surface area (Å²) in [6, 6.07) is 0. The summed E-state index contributed by atoms with van der Waals surface area (Å²) in [6.07, 6.45) is 2.78. The third-order valence-corrected chi connectivity index (χ3v) is 3.32. The minimum absolute atomic E-state index is 0. The molecule has 1 unspecified atom stereocenters. The molecule has 0 aromatic rings. The Labute approximate surface area is 154 Å². The van der Waals surface area contributed by atoms with Crippen molar-refractivity contribution in [3.05, 3.63) is 0 Å². The van der Waals surface area contributed by atoms with Gasteiger partial charge >= 0.3 is 59.1 Å². The average molecular weight is 347 g/mol. The van der Waals surface area contributed by atoms with Crippen LogP contribution in [0.1, 0.15) is 33.6 Å². The fraction of sp³-hybridized carbons (Fsp3) is 1.00. The Morgan fingerprint density at radius 2 is 1.57 bits per heavy atom. The molecule has 1 aliphatic heterocycles. The summed E-state index contributed by atoms with van der Waals surface area (Å²) in [7, 11) is 2.23. The third kappa shape index (κ3) is 6.61. The van der Waals surface area contributed by atoms with Gasteiger partial charge in [0.15, 0.2) is 0 Å². The maximum atomic E-state index is 2.47. The van der Waals surface area contributed by atoms with E-state index in [9.17, 15) is 0 Å². The van der Waals surface area contributed by atoms with E-state index in [0.29, 0.717) is 5.54 Å². The van der Waals surface area contributed by atoms with Gasteiger partial charge in [0.25, 0.3) is 0 Å². The molecule has 0 aromatic carbocycles. The molecule has 5 heteroatoms. The zero-order valence-corrected chi connectivity index (χ0v) is 17.6. The largest absolute Gasteiger partial charge is 1.00 e. The van der Waals surface area contributed by atoms with Crippen LogP contribution in [-0.4, -0.2) is 24.0 Å². The first-order chi connectivity index (χ1) is 4.55. The van der Waals surface area contributed by atoms with Gasteiger partial charge in [-0.1, -0.05) is 6.92 Å². The first-order valence-corrected chi connectivity index (χ1v) is 4.26. The normalized spacial score (nSPS) is 24.4. The molecule has 0 aliphatic carbocycles. The smallest absolute Gasteiger partial charge is 1.00 e. The Hall–Kier alpha value is 2.92. The summed E-state index contributed by atoms with van der Waals surface area (Å²) >= 11 is 0. The van der Waals surface area contributed by atoms with E-state index in [1.165, 1.54) is 19.4 Å². The van der Waals surface area contributed by atoms with Gasteiger partial charge in [-0.25, -0.2) is 0 Å². The van der Waals surface area contributed by atoms with Crippen LogP contribution in [0.3, 0.4) is 0 Å². The molecule has 1 aliphatic rings. The number of likely N-dealkylation sites (tertiary alicyclic amines) is 1. The van der Waals surface area contributed by atoms with E-state index in [4.69, 9.17) is 0 Å². The summed E-state index contributed by atoms with van der Waals surface area (Å²) in [5.74, 6) is 0.853. The molecule has 1 atom stereocenters. The number of hydrogen-bond acceptors (Lipinski definition) is 1. The Morgan fingerprint density at radius 1 is 1.14 bits per heavy atom. The average Bonchev–Trinajstić information content (AvgIpc) is 1.84. The molecule has 1 heterocycles. The Morgan fingerprint density at radius 3 is 1.86 bits per heavy atom. The third-order valence-electron chi connectivity index (χ3n) is 3.32. The maximum absolute atomic E-state index is 2.47. The molecule has 0 saturated carbocycles. The van der Waals surface area contributed by atoms with Gasteiger partial charge < -0.3 is 38.9 Å². The zero-order valence-electron chi connectivity index (χ0n) is 10.4. The van der Waals surface area contributed by atoms with Crippen LogP contribution in [0.2, 0.25) is 0 Å². The predicted molar refractivity (Wildman–Crippen MR) is 45.1 cm³/mol. The molecule has 1 fully saturated rings. The van der Waals surface area contributed by atoms with Crippen LogP contribution in [0.5, 0.6) is 0 Å². The van der Waals surface area contributed by atoms with Crippen molar-refractivity contribution in [2.45, 2.75) is 39.2 Å². The Bertz CT molecular complexity index is 122. The van der Waals surface area contributed by atoms with Crippen molar-refractivity contribution in [3.8, 4) is 0 Å². The van der Waals surface area contributed by atoms with Gasteiger partial charge in [0.2, 0.25) is 0 Å². The number of nitrogens with zero attached hydrogens (tertiary/aromatic N) is 1. The predicted octanol–water partition coefficient (Wildman–Crippen LogP) is -9.86. The number of hydrogen-bond donors (Lipinski definition) is 0. The quantitative estimate of drug-likeness (QED) is 0.394. The second-order valence-corrected chi connectivity index (χ2v) is 4.12. The van der Waals surface area contributed by atoms with Gasteiger partial charge in [-0.15, -0.1) is 0 Å². The van der Waals surface area contributed by atoms with Gasteiger partial charge in [0.1, 0.15) is 0 Å². The monoisotopic (exact) mass is 345 g/mol. The van der Waals surface area contributed by atoms with E-state index in [-0.39, 0.29) is 93.1 Å². The van der Waals surface area contributed by atoms with Crippen molar-refractivity contribution in [1.29, 1.82) is 0 Å². The van der Waals surface area contributed by atoms with Crippen molar-refractivity contribution in [2.75, 3.05) is 13.6 Å². The summed E-state index contributed by atoms with van der Waals surface area (Å²) in [4.78, 5) is 2.47. The van der Waals surface area contributed by atoms with Crippen molar-refractivity contribution in [1.82, 2.24) is 4.90 Å². The second-order valence-electron chi connectivity index (χ2n) is 4.12. The minimum atomic E-state index is 0. The zero-order chi connectivity index (χ0) is 7.78. The van der Waals surface area contributed by atoms with Gasteiger partial charge in [-0.05, 0) is 46.2 Å². The molecule has 76 valence electrons. The molecule has 0 bridgehead atoms. The second kappa shape index (κ2) is 11.0. The Kier molecular flexibility index (Phi) is 20.3. The molecule has 14 heavy (non-hydrogen) atoms. The fourth-order valence-corrected chi connectivity index (χ4v) is 1.65. The van der Waals surface area contributed by atoms with Crippen molar-refractivity contribution < 1.29 is 93.1 Å². The van der Waals surface area contributed by atoms with E-state index in [1.54, 1.807) is 0 Å².